The molecule has 0 unspecified atom stereocenters. The van der Waals surface area contributed by atoms with E-state index < -0.39 is 0 Å². The fraction of sp³-hybridized carbons (Fsp3) is 0.481. The number of hydrogen-bond acceptors (Lipinski definition) is 2. The lowest BCUT2D eigenvalue weighted by Crippen LogP contribution is -2.41. The molecule has 168 valence electrons. The second-order valence-corrected chi connectivity index (χ2v) is 8.28. The summed E-state index contributed by atoms with van der Waals surface area (Å²) in [5.74, 6) is -0.620. The topological polar surface area (TPSA) is 58.2 Å². The number of carbonyl (C=O) groups is 2. The molecule has 0 heterocycles. The van der Waals surface area contributed by atoms with Crippen molar-refractivity contribution in [3.63, 3.8) is 0 Å². The molecular weight excluding hydrogens is 384 g/mol. The zero-order chi connectivity index (χ0) is 22.3. The van der Waals surface area contributed by atoms with Crippen LogP contribution in [-0.2, 0) is 12.8 Å². The van der Waals surface area contributed by atoms with Gasteiger partial charge in [-0.15, -0.1) is 0 Å². The molecule has 0 atom stereocenters. The molecule has 0 aliphatic carbocycles. The van der Waals surface area contributed by atoms with Crippen LogP contribution in [0.15, 0.2) is 48.5 Å². The van der Waals surface area contributed by atoms with Gasteiger partial charge in [-0.1, -0.05) is 83.1 Å². The van der Waals surface area contributed by atoms with Crippen molar-refractivity contribution in [1.29, 1.82) is 0 Å². The first kappa shape index (κ1) is 24.6. The Labute approximate surface area is 187 Å². The zero-order valence-corrected chi connectivity index (χ0v) is 19.2. The summed E-state index contributed by atoms with van der Waals surface area (Å²) in [5.41, 5.74) is 8.57. The first-order valence-corrected chi connectivity index (χ1v) is 11.9. The molecular formula is C27H38N2O2. The van der Waals surface area contributed by atoms with Gasteiger partial charge in [-0.05, 0) is 61.1 Å². The SMILES string of the molecule is CCCCCCCc1ccc(C(=O)NNC(=O)c2ccc(CCCCCC)cc2)cc1. The molecule has 31 heavy (non-hydrogen) atoms. The van der Waals surface area contributed by atoms with Crippen LogP contribution in [-0.4, -0.2) is 11.8 Å². The van der Waals surface area contributed by atoms with Gasteiger partial charge in [0.05, 0.1) is 0 Å². The molecule has 0 aliphatic heterocycles. The predicted octanol–water partition coefficient (Wildman–Crippen LogP) is 6.40. The highest BCUT2D eigenvalue weighted by Crippen LogP contribution is 2.11. The third-order valence-corrected chi connectivity index (χ3v) is 5.61. The molecule has 2 rings (SSSR count). The lowest BCUT2D eigenvalue weighted by Gasteiger charge is -2.09. The van der Waals surface area contributed by atoms with E-state index >= 15 is 0 Å². The van der Waals surface area contributed by atoms with Gasteiger partial charge in [0.2, 0.25) is 0 Å². The Morgan fingerprint density at radius 2 is 0.903 bits per heavy atom. The number of aryl methyl sites for hydroxylation is 2. The van der Waals surface area contributed by atoms with Crippen LogP contribution < -0.4 is 10.9 Å². The largest absolute Gasteiger partial charge is 0.269 e. The average Bonchev–Trinajstić information content (AvgIpc) is 2.81. The summed E-state index contributed by atoms with van der Waals surface area (Å²) in [6, 6.07) is 15.2. The van der Waals surface area contributed by atoms with E-state index in [0.29, 0.717) is 11.1 Å². The van der Waals surface area contributed by atoms with Crippen molar-refractivity contribution in [1.82, 2.24) is 10.9 Å². The van der Waals surface area contributed by atoms with E-state index in [0.717, 1.165) is 12.8 Å². The molecule has 0 saturated carbocycles. The second-order valence-electron chi connectivity index (χ2n) is 8.28. The molecule has 4 heteroatoms. The van der Waals surface area contributed by atoms with Crippen LogP contribution >= 0.6 is 0 Å². The van der Waals surface area contributed by atoms with E-state index in [1.54, 1.807) is 0 Å². The molecule has 2 N–H and O–H groups in total. The maximum Gasteiger partial charge on any atom is 0.269 e. The van der Waals surface area contributed by atoms with E-state index in [-0.39, 0.29) is 11.8 Å². The minimum absolute atomic E-state index is 0.310. The van der Waals surface area contributed by atoms with E-state index in [9.17, 15) is 9.59 Å². The molecule has 4 nitrogen and oxygen atoms in total. The Morgan fingerprint density at radius 3 is 1.29 bits per heavy atom. The van der Waals surface area contributed by atoms with Gasteiger partial charge >= 0.3 is 0 Å². The Morgan fingerprint density at radius 1 is 0.548 bits per heavy atom. The Kier molecular flexibility index (Phi) is 11.4. The average molecular weight is 423 g/mol. The number of hydrogen-bond donors (Lipinski definition) is 2. The summed E-state index contributed by atoms with van der Waals surface area (Å²) < 4.78 is 0. The maximum absolute atomic E-state index is 12.3. The molecule has 0 saturated heterocycles. The summed E-state index contributed by atoms with van der Waals surface area (Å²) in [6.45, 7) is 4.43. The molecule has 0 radical (unpaired) electrons. The third-order valence-electron chi connectivity index (χ3n) is 5.61. The Balaban J connectivity index is 1.74. The van der Waals surface area contributed by atoms with Gasteiger partial charge in [0.25, 0.3) is 11.8 Å². The van der Waals surface area contributed by atoms with Crippen LogP contribution in [0.3, 0.4) is 0 Å². The number of hydrazine groups is 1. The van der Waals surface area contributed by atoms with E-state index in [1.807, 2.05) is 48.5 Å². The van der Waals surface area contributed by atoms with Gasteiger partial charge in [0, 0.05) is 11.1 Å². The number of unbranched alkanes of at least 4 members (excludes halogenated alkanes) is 7. The minimum Gasteiger partial charge on any atom is -0.267 e. The van der Waals surface area contributed by atoms with E-state index in [1.165, 1.54) is 68.9 Å². The lowest BCUT2D eigenvalue weighted by molar-refractivity contribution is 0.0846. The number of nitrogens with one attached hydrogen (secondary N) is 2. The molecule has 0 aliphatic rings. The van der Waals surface area contributed by atoms with Crippen LogP contribution in [0, 0.1) is 0 Å². The van der Waals surface area contributed by atoms with Crippen LogP contribution in [0.1, 0.15) is 103 Å². The van der Waals surface area contributed by atoms with Crippen molar-refractivity contribution in [2.24, 2.45) is 0 Å². The number of carbonyl (C=O) groups excluding carboxylic acids is 2. The normalized spacial score (nSPS) is 10.6. The highest BCUT2D eigenvalue weighted by Gasteiger charge is 2.09. The minimum atomic E-state index is -0.311. The van der Waals surface area contributed by atoms with Gasteiger partial charge in [-0.2, -0.15) is 0 Å². The Hall–Kier alpha value is -2.62. The van der Waals surface area contributed by atoms with Gasteiger partial charge in [-0.3, -0.25) is 20.4 Å². The van der Waals surface area contributed by atoms with E-state index in [4.69, 9.17) is 0 Å². The molecule has 0 spiro atoms. The van der Waals surface area contributed by atoms with Crippen molar-refractivity contribution in [3.8, 4) is 0 Å². The lowest BCUT2D eigenvalue weighted by atomic mass is 10.0. The van der Waals surface area contributed by atoms with Crippen LogP contribution in [0.2, 0.25) is 0 Å². The molecule has 0 aromatic heterocycles. The monoisotopic (exact) mass is 422 g/mol. The van der Waals surface area contributed by atoms with Crippen LogP contribution in [0.5, 0.6) is 0 Å². The smallest absolute Gasteiger partial charge is 0.267 e. The standard InChI is InChI=1S/C27H38N2O2/c1-3-5-7-9-11-13-23-16-20-25(21-17-23)27(31)29-28-26(30)24-18-14-22(15-19-24)12-10-8-6-4-2/h14-21H,3-13H2,1-2H3,(H,28,30)(H,29,31). The first-order valence-electron chi connectivity index (χ1n) is 11.9. The second kappa shape index (κ2) is 14.4. The van der Waals surface area contributed by atoms with Crippen molar-refractivity contribution < 1.29 is 9.59 Å². The fourth-order valence-corrected chi connectivity index (χ4v) is 3.59. The highest BCUT2D eigenvalue weighted by atomic mass is 16.2. The van der Waals surface area contributed by atoms with Crippen LogP contribution in [0.4, 0.5) is 0 Å². The summed E-state index contributed by atoms with van der Waals surface area (Å²) in [6.07, 6.45) is 13.3. The van der Waals surface area contributed by atoms with Crippen LogP contribution in [0.25, 0.3) is 0 Å². The zero-order valence-electron chi connectivity index (χ0n) is 19.2. The van der Waals surface area contributed by atoms with Crippen molar-refractivity contribution in [2.45, 2.75) is 84.5 Å². The third kappa shape index (κ3) is 9.37. The number of rotatable bonds is 13. The summed E-state index contributed by atoms with van der Waals surface area (Å²) >= 11 is 0. The fourth-order valence-electron chi connectivity index (χ4n) is 3.59. The summed E-state index contributed by atoms with van der Waals surface area (Å²) in [4.78, 5) is 24.6. The predicted molar refractivity (Wildman–Crippen MR) is 128 cm³/mol. The molecule has 2 aromatic rings. The molecule has 0 fully saturated rings. The Bertz CT molecular complexity index is 782. The molecule has 0 bridgehead atoms. The van der Waals surface area contributed by atoms with Crippen molar-refractivity contribution >= 4 is 11.8 Å². The highest BCUT2D eigenvalue weighted by molar-refractivity contribution is 5.99. The number of amides is 2. The van der Waals surface area contributed by atoms with Gasteiger partial charge < -0.3 is 0 Å². The van der Waals surface area contributed by atoms with Gasteiger partial charge in [0.1, 0.15) is 0 Å². The van der Waals surface area contributed by atoms with Gasteiger partial charge in [-0.25, -0.2) is 0 Å². The van der Waals surface area contributed by atoms with Crippen molar-refractivity contribution in [3.05, 3.63) is 70.8 Å². The quantitative estimate of drug-likeness (QED) is 0.290. The van der Waals surface area contributed by atoms with Crippen molar-refractivity contribution in [2.75, 3.05) is 0 Å². The first-order chi connectivity index (χ1) is 15.1. The van der Waals surface area contributed by atoms with E-state index in [2.05, 4.69) is 24.7 Å². The summed E-state index contributed by atoms with van der Waals surface area (Å²) in [5, 5.41) is 0. The molecule has 2 aromatic carbocycles. The maximum atomic E-state index is 12.3. The van der Waals surface area contributed by atoms with Gasteiger partial charge in [0.15, 0.2) is 0 Å². The summed E-state index contributed by atoms with van der Waals surface area (Å²) in [7, 11) is 0. The molecule has 2 amide bonds. The number of benzene rings is 2.